The number of nitrogens with zero attached hydrogens (tertiary/aromatic N) is 4. The Morgan fingerprint density at radius 3 is 1.89 bits per heavy atom. The highest BCUT2D eigenvalue weighted by molar-refractivity contribution is 7.51. The van der Waals surface area contributed by atoms with Gasteiger partial charge in [0, 0.05) is 6.92 Å². The minimum absolute atomic E-state index is 0.278. The van der Waals surface area contributed by atoms with Crippen LogP contribution in [0.25, 0.3) is 11.2 Å². The maximum atomic E-state index is 10.7. The van der Waals surface area contributed by atoms with Crippen LogP contribution >= 0.6 is 7.60 Å². The smallest absolute Gasteiger partial charge is 0.350 e. The molecule has 0 aliphatic rings. The third-order valence-corrected chi connectivity index (χ3v) is 7.58. The fraction of sp³-hybridized carbons (Fsp3) is 0.806. The molecule has 2 unspecified atom stereocenters. The lowest BCUT2D eigenvalue weighted by molar-refractivity contribution is -0.172. The van der Waals surface area contributed by atoms with Crippen molar-refractivity contribution < 1.29 is 33.4 Å². The fourth-order valence-electron chi connectivity index (χ4n) is 4.75. The van der Waals surface area contributed by atoms with E-state index in [0.717, 1.165) is 6.42 Å². The molecule has 13 heteroatoms. The third-order valence-electron chi connectivity index (χ3n) is 7.09. The first-order valence-electron chi connectivity index (χ1n) is 16.4. The van der Waals surface area contributed by atoms with Gasteiger partial charge in [0.25, 0.3) is 0 Å². The van der Waals surface area contributed by atoms with Crippen LogP contribution in [0.15, 0.2) is 12.7 Å². The van der Waals surface area contributed by atoms with E-state index in [2.05, 4.69) is 21.9 Å². The van der Waals surface area contributed by atoms with E-state index < -0.39 is 26.3 Å². The molecule has 44 heavy (non-hydrogen) atoms. The summed E-state index contributed by atoms with van der Waals surface area (Å²) in [6.07, 6.45) is 23.4. The lowest BCUT2D eigenvalue weighted by Gasteiger charge is -2.14. The Kier molecular flexibility index (Phi) is 21.9. The van der Waals surface area contributed by atoms with Gasteiger partial charge in [-0.2, -0.15) is 0 Å². The van der Waals surface area contributed by atoms with Crippen molar-refractivity contribution in [3.63, 3.8) is 0 Å². The summed E-state index contributed by atoms with van der Waals surface area (Å²) in [5, 5.41) is 0. The van der Waals surface area contributed by atoms with E-state index in [9.17, 15) is 9.36 Å². The van der Waals surface area contributed by atoms with Crippen LogP contribution < -0.4 is 5.73 Å². The van der Waals surface area contributed by atoms with Gasteiger partial charge in [-0.05, 0) is 20.3 Å². The summed E-state index contributed by atoms with van der Waals surface area (Å²) < 4.78 is 27.8. The van der Waals surface area contributed by atoms with Crippen molar-refractivity contribution in [2.45, 2.75) is 149 Å². The highest BCUT2D eigenvalue weighted by Gasteiger charge is 2.17. The zero-order chi connectivity index (χ0) is 32.6. The summed E-state index contributed by atoms with van der Waals surface area (Å²) in [6.45, 7) is 8.21. The van der Waals surface area contributed by atoms with E-state index in [1.165, 1.54) is 116 Å². The van der Waals surface area contributed by atoms with Crippen molar-refractivity contribution >= 4 is 30.5 Å². The zero-order valence-electron chi connectivity index (χ0n) is 27.5. The van der Waals surface area contributed by atoms with Gasteiger partial charge in [-0.15, -0.1) is 0 Å². The molecule has 0 fully saturated rings. The van der Waals surface area contributed by atoms with Crippen LogP contribution in [0.5, 0.6) is 0 Å². The second-order valence-electron chi connectivity index (χ2n) is 11.5. The number of rotatable bonds is 24. The van der Waals surface area contributed by atoms with Gasteiger partial charge >= 0.3 is 13.6 Å². The molecule has 2 rings (SSSR count). The molecule has 0 saturated heterocycles. The van der Waals surface area contributed by atoms with E-state index >= 15 is 0 Å². The minimum Gasteiger partial charge on any atom is -0.436 e. The first-order chi connectivity index (χ1) is 21.0. The first-order valence-corrected chi connectivity index (χ1v) is 18.2. The number of unbranched alkanes of at least 4 members (excludes halogenated alkanes) is 15. The van der Waals surface area contributed by atoms with Gasteiger partial charge < -0.3 is 34.3 Å². The average molecular weight is 644 g/mol. The van der Waals surface area contributed by atoms with Crippen molar-refractivity contribution in [1.29, 1.82) is 0 Å². The molecule has 0 bridgehead atoms. The normalized spacial score (nSPS) is 13.0. The quantitative estimate of drug-likeness (QED) is 0.0460. The van der Waals surface area contributed by atoms with E-state index in [0.29, 0.717) is 24.3 Å². The zero-order valence-corrected chi connectivity index (χ0v) is 28.4. The van der Waals surface area contributed by atoms with Crippen LogP contribution in [0.3, 0.4) is 0 Å². The van der Waals surface area contributed by atoms with Gasteiger partial charge in [0.1, 0.15) is 18.2 Å². The Morgan fingerprint density at radius 2 is 1.39 bits per heavy atom. The number of hydrogen-bond acceptors (Lipinski definition) is 9. The summed E-state index contributed by atoms with van der Waals surface area (Å²) in [4.78, 5) is 40.2. The molecule has 0 aromatic carbocycles. The topological polar surface area (TPSA) is 172 Å². The van der Waals surface area contributed by atoms with Crippen LogP contribution in [-0.4, -0.2) is 60.6 Å². The predicted molar refractivity (Wildman–Crippen MR) is 174 cm³/mol. The highest BCUT2D eigenvalue weighted by Crippen LogP contribution is 2.34. The van der Waals surface area contributed by atoms with Crippen molar-refractivity contribution in [3.05, 3.63) is 12.7 Å². The number of carbonyl (C=O) groups excluding carboxylic acids is 1. The molecule has 0 spiro atoms. The minimum atomic E-state index is -4.16. The van der Waals surface area contributed by atoms with Crippen LogP contribution in [0.2, 0.25) is 0 Å². The first kappa shape index (κ1) is 39.9. The highest BCUT2D eigenvalue weighted by atomic mass is 31.2. The Morgan fingerprint density at radius 1 is 0.864 bits per heavy atom. The Hall–Kier alpha value is -2.11. The molecule has 2 heterocycles. The number of aromatic nitrogens is 4. The SMILES string of the molecule is CC(Cn1cnc2c(N)ncnc21)OCP(=O)(O)O.CCCCCCCCCCCCCCCCCCOC(C)OC(C)=O. The Labute approximate surface area is 264 Å². The molecule has 12 nitrogen and oxygen atoms in total. The van der Waals surface area contributed by atoms with Gasteiger partial charge in [-0.25, -0.2) is 15.0 Å². The number of esters is 1. The molecule has 0 aliphatic heterocycles. The van der Waals surface area contributed by atoms with Gasteiger partial charge in [0.05, 0.1) is 25.6 Å². The van der Waals surface area contributed by atoms with Gasteiger partial charge in [0.15, 0.2) is 17.8 Å². The molecule has 0 saturated carbocycles. The van der Waals surface area contributed by atoms with Gasteiger partial charge in [-0.3, -0.25) is 9.36 Å². The molecular formula is C31H58N5O7P. The third kappa shape index (κ3) is 20.8. The number of fused-ring (bicyclic) bond motifs is 1. The lowest BCUT2D eigenvalue weighted by atomic mass is 10.0. The summed E-state index contributed by atoms with van der Waals surface area (Å²) in [5.41, 5.74) is 6.70. The summed E-state index contributed by atoms with van der Waals surface area (Å²) >= 11 is 0. The van der Waals surface area contributed by atoms with Crippen molar-refractivity contribution in [3.8, 4) is 0 Å². The molecule has 0 amide bonds. The second kappa shape index (κ2) is 24.2. The number of nitrogens with two attached hydrogens (primary N) is 1. The largest absolute Gasteiger partial charge is 0.436 e. The van der Waals surface area contributed by atoms with Crippen molar-refractivity contribution in [1.82, 2.24) is 19.5 Å². The molecular weight excluding hydrogens is 585 g/mol. The molecule has 2 atom stereocenters. The van der Waals surface area contributed by atoms with Crippen molar-refractivity contribution in [2.24, 2.45) is 0 Å². The summed E-state index contributed by atoms with van der Waals surface area (Å²) in [6, 6.07) is 0. The van der Waals surface area contributed by atoms with Crippen LogP contribution in [0.4, 0.5) is 5.82 Å². The molecule has 2 aromatic rings. The van der Waals surface area contributed by atoms with Crippen LogP contribution in [-0.2, 0) is 30.1 Å². The van der Waals surface area contributed by atoms with E-state index in [1.54, 1.807) is 18.4 Å². The number of ether oxygens (including phenoxy) is 3. The number of hydrogen-bond donors (Lipinski definition) is 3. The monoisotopic (exact) mass is 643 g/mol. The van der Waals surface area contributed by atoms with Crippen LogP contribution in [0.1, 0.15) is 130 Å². The van der Waals surface area contributed by atoms with Crippen molar-refractivity contribution in [2.75, 3.05) is 18.7 Å². The fourth-order valence-corrected chi connectivity index (χ4v) is 5.20. The molecule has 2 aromatic heterocycles. The average Bonchev–Trinajstić information content (AvgIpc) is 3.37. The van der Waals surface area contributed by atoms with E-state index in [1.807, 2.05) is 0 Å². The number of carbonyl (C=O) groups is 1. The maximum absolute atomic E-state index is 10.7. The summed E-state index contributed by atoms with van der Waals surface area (Å²) in [5.74, 6) is 0.00649. The number of nitrogen functional groups attached to an aromatic ring is 1. The standard InChI is InChI=1S/C22H44O3.C9H14N5O4P/c1-4-5-6-7-8-9-10-11-12-13-14-15-16-17-18-19-20-24-22(3)25-21(2)23;1-6(18-5-19(15,16)17)2-14-4-13-7-8(10)11-3-12-9(7)14/h22H,4-20H2,1-3H3;3-4,6H,2,5H2,1H3,(H2,10,11,12)(H2,15,16,17). The molecule has 4 N–H and O–H groups in total. The molecule has 254 valence electrons. The Bertz CT molecular complexity index is 1070. The van der Waals surface area contributed by atoms with Crippen LogP contribution in [0, 0.1) is 0 Å². The number of imidazole rings is 1. The number of anilines is 1. The van der Waals surface area contributed by atoms with Gasteiger partial charge in [0.2, 0.25) is 0 Å². The van der Waals surface area contributed by atoms with E-state index in [4.69, 9.17) is 29.7 Å². The summed E-state index contributed by atoms with van der Waals surface area (Å²) in [7, 11) is -4.16. The van der Waals surface area contributed by atoms with E-state index in [-0.39, 0.29) is 11.8 Å². The molecule has 0 aliphatic carbocycles. The van der Waals surface area contributed by atoms with Gasteiger partial charge in [-0.1, -0.05) is 103 Å². The lowest BCUT2D eigenvalue weighted by Crippen LogP contribution is -2.17. The Balaban J connectivity index is 0.000000454. The predicted octanol–water partition coefficient (Wildman–Crippen LogP) is 7.12. The maximum Gasteiger partial charge on any atom is 0.350 e. The second-order valence-corrected chi connectivity index (χ2v) is 13.0. The molecule has 0 radical (unpaired) electrons.